The summed E-state index contributed by atoms with van der Waals surface area (Å²) in [5.41, 5.74) is 3.93. The van der Waals surface area contributed by atoms with E-state index in [0.717, 1.165) is 25.9 Å². The van der Waals surface area contributed by atoms with Gasteiger partial charge in [-0.2, -0.15) is 0 Å². The summed E-state index contributed by atoms with van der Waals surface area (Å²) in [4.78, 5) is 0. The largest absolute Gasteiger partial charge is 0.382 e. The van der Waals surface area contributed by atoms with E-state index in [-0.39, 0.29) is 0 Å². The molecule has 1 N–H and O–H groups in total. The highest BCUT2D eigenvalue weighted by Crippen LogP contribution is 2.23. The van der Waals surface area contributed by atoms with Crippen molar-refractivity contribution in [2.75, 3.05) is 11.9 Å². The quantitative estimate of drug-likeness (QED) is 0.860. The molecule has 2 unspecified atom stereocenters. The SMILES string of the molecule is CCC1CC(Nc2cc(C)ccc2C)CCO1. The summed E-state index contributed by atoms with van der Waals surface area (Å²) in [6, 6.07) is 7.16. The van der Waals surface area contributed by atoms with Crippen LogP contribution in [0.2, 0.25) is 0 Å². The first-order valence-corrected chi connectivity index (χ1v) is 6.64. The van der Waals surface area contributed by atoms with Crippen molar-refractivity contribution < 1.29 is 4.74 Å². The van der Waals surface area contributed by atoms with Crippen molar-refractivity contribution >= 4 is 5.69 Å². The van der Waals surface area contributed by atoms with Crippen LogP contribution in [0.5, 0.6) is 0 Å². The Labute approximate surface area is 104 Å². The molecule has 1 fully saturated rings. The van der Waals surface area contributed by atoms with Crippen molar-refractivity contribution in [3.8, 4) is 0 Å². The molecule has 0 saturated carbocycles. The molecule has 1 aliphatic rings. The molecule has 1 aromatic carbocycles. The van der Waals surface area contributed by atoms with E-state index in [1.54, 1.807) is 0 Å². The molecular weight excluding hydrogens is 210 g/mol. The first kappa shape index (κ1) is 12.4. The van der Waals surface area contributed by atoms with Gasteiger partial charge in [-0.1, -0.05) is 19.1 Å². The van der Waals surface area contributed by atoms with Crippen LogP contribution in [0.4, 0.5) is 5.69 Å². The highest BCUT2D eigenvalue weighted by atomic mass is 16.5. The minimum absolute atomic E-state index is 0.436. The third kappa shape index (κ3) is 3.22. The maximum Gasteiger partial charge on any atom is 0.0592 e. The highest BCUT2D eigenvalue weighted by Gasteiger charge is 2.21. The zero-order valence-corrected chi connectivity index (χ0v) is 11.1. The van der Waals surface area contributed by atoms with Crippen LogP contribution >= 0.6 is 0 Å². The van der Waals surface area contributed by atoms with Gasteiger partial charge in [-0.15, -0.1) is 0 Å². The van der Waals surface area contributed by atoms with Crippen LogP contribution in [0.3, 0.4) is 0 Å². The Bertz CT molecular complexity index is 375. The molecule has 94 valence electrons. The van der Waals surface area contributed by atoms with Crippen LogP contribution in [-0.2, 0) is 4.74 Å². The molecule has 2 rings (SSSR count). The van der Waals surface area contributed by atoms with Crippen LogP contribution in [0.15, 0.2) is 18.2 Å². The molecule has 0 spiro atoms. The number of rotatable bonds is 3. The number of benzene rings is 1. The normalized spacial score (nSPS) is 24.6. The zero-order chi connectivity index (χ0) is 12.3. The Balaban J connectivity index is 2.02. The van der Waals surface area contributed by atoms with Gasteiger partial charge in [-0.25, -0.2) is 0 Å². The third-order valence-electron chi connectivity index (χ3n) is 3.58. The van der Waals surface area contributed by atoms with Gasteiger partial charge < -0.3 is 10.1 Å². The van der Waals surface area contributed by atoms with Gasteiger partial charge in [0.15, 0.2) is 0 Å². The third-order valence-corrected chi connectivity index (χ3v) is 3.58. The van der Waals surface area contributed by atoms with E-state index in [1.165, 1.54) is 16.8 Å². The fourth-order valence-electron chi connectivity index (χ4n) is 2.41. The van der Waals surface area contributed by atoms with Gasteiger partial charge in [0.1, 0.15) is 0 Å². The van der Waals surface area contributed by atoms with E-state index in [2.05, 4.69) is 44.3 Å². The Morgan fingerprint density at radius 2 is 2.18 bits per heavy atom. The van der Waals surface area contributed by atoms with Gasteiger partial charge in [0.05, 0.1) is 6.10 Å². The standard InChI is InChI=1S/C15H23NO/c1-4-14-10-13(7-8-17-14)16-15-9-11(2)5-6-12(15)3/h5-6,9,13-14,16H,4,7-8,10H2,1-3H3. The Kier molecular flexibility index (Phi) is 4.06. The summed E-state index contributed by atoms with van der Waals surface area (Å²) in [5.74, 6) is 0. The van der Waals surface area contributed by atoms with Crippen molar-refractivity contribution in [3.63, 3.8) is 0 Å². The van der Waals surface area contributed by atoms with E-state index in [9.17, 15) is 0 Å². The molecule has 0 bridgehead atoms. The maximum absolute atomic E-state index is 5.71. The molecular formula is C15H23NO. The molecule has 1 saturated heterocycles. The summed E-state index contributed by atoms with van der Waals surface area (Å²) >= 11 is 0. The fourth-order valence-corrected chi connectivity index (χ4v) is 2.41. The van der Waals surface area contributed by atoms with E-state index in [0.29, 0.717) is 12.1 Å². The second-order valence-electron chi connectivity index (χ2n) is 5.09. The molecule has 0 amide bonds. The number of hydrogen-bond donors (Lipinski definition) is 1. The predicted molar refractivity (Wildman–Crippen MR) is 72.6 cm³/mol. The zero-order valence-electron chi connectivity index (χ0n) is 11.1. The summed E-state index contributed by atoms with van der Waals surface area (Å²) in [5, 5.41) is 3.67. The van der Waals surface area contributed by atoms with Crippen LogP contribution in [0.25, 0.3) is 0 Å². The number of hydrogen-bond acceptors (Lipinski definition) is 2. The fraction of sp³-hybridized carbons (Fsp3) is 0.600. The average molecular weight is 233 g/mol. The van der Waals surface area contributed by atoms with Gasteiger partial charge >= 0.3 is 0 Å². The lowest BCUT2D eigenvalue weighted by Crippen LogP contribution is -2.33. The summed E-state index contributed by atoms with van der Waals surface area (Å²) in [7, 11) is 0. The second kappa shape index (κ2) is 5.54. The minimum atomic E-state index is 0.436. The molecule has 0 aromatic heterocycles. The Morgan fingerprint density at radius 1 is 1.35 bits per heavy atom. The van der Waals surface area contributed by atoms with E-state index >= 15 is 0 Å². The van der Waals surface area contributed by atoms with E-state index in [1.807, 2.05) is 0 Å². The summed E-state index contributed by atoms with van der Waals surface area (Å²) < 4.78 is 5.71. The first-order valence-electron chi connectivity index (χ1n) is 6.64. The lowest BCUT2D eigenvalue weighted by molar-refractivity contribution is 0.00925. The van der Waals surface area contributed by atoms with Crippen molar-refractivity contribution in [2.45, 2.75) is 52.2 Å². The van der Waals surface area contributed by atoms with Gasteiger partial charge in [0, 0.05) is 18.3 Å². The van der Waals surface area contributed by atoms with Gasteiger partial charge in [0.25, 0.3) is 0 Å². The van der Waals surface area contributed by atoms with Gasteiger partial charge in [-0.3, -0.25) is 0 Å². The van der Waals surface area contributed by atoms with Crippen molar-refractivity contribution in [3.05, 3.63) is 29.3 Å². The lowest BCUT2D eigenvalue weighted by atomic mass is 10.0. The van der Waals surface area contributed by atoms with Crippen LogP contribution < -0.4 is 5.32 Å². The smallest absolute Gasteiger partial charge is 0.0592 e. The van der Waals surface area contributed by atoms with Crippen LogP contribution in [0.1, 0.15) is 37.3 Å². The maximum atomic E-state index is 5.71. The first-order chi connectivity index (χ1) is 8.19. The molecule has 2 nitrogen and oxygen atoms in total. The van der Waals surface area contributed by atoms with Crippen LogP contribution in [0, 0.1) is 13.8 Å². The van der Waals surface area contributed by atoms with Crippen molar-refractivity contribution in [1.82, 2.24) is 0 Å². The minimum Gasteiger partial charge on any atom is -0.382 e. The molecule has 2 heteroatoms. The van der Waals surface area contributed by atoms with E-state index in [4.69, 9.17) is 4.74 Å². The molecule has 0 aliphatic carbocycles. The Hall–Kier alpha value is -1.02. The Morgan fingerprint density at radius 3 is 2.94 bits per heavy atom. The van der Waals surface area contributed by atoms with Crippen molar-refractivity contribution in [2.24, 2.45) is 0 Å². The monoisotopic (exact) mass is 233 g/mol. The van der Waals surface area contributed by atoms with Gasteiger partial charge in [0.2, 0.25) is 0 Å². The second-order valence-corrected chi connectivity index (χ2v) is 5.09. The molecule has 0 radical (unpaired) electrons. The topological polar surface area (TPSA) is 21.3 Å². The number of aryl methyl sites for hydroxylation is 2. The highest BCUT2D eigenvalue weighted by molar-refractivity contribution is 5.53. The lowest BCUT2D eigenvalue weighted by Gasteiger charge is -2.30. The summed E-state index contributed by atoms with van der Waals surface area (Å²) in [6.07, 6.45) is 3.80. The molecule has 17 heavy (non-hydrogen) atoms. The number of anilines is 1. The van der Waals surface area contributed by atoms with E-state index < -0.39 is 0 Å². The van der Waals surface area contributed by atoms with Crippen molar-refractivity contribution in [1.29, 1.82) is 0 Å². The molecule has 1 aromatic rings. The number of ether oxygens (including phenoxy) is 1. The van der Waals surface area contributed by atoms with Gasteiger partial charge in [-0.05, 0) is 50.3 Å². The number of nitrogens with one attached hydrogen (secondary N) is 1. The summed E-state index contributed by atoms with van der Waals surface area (Å²) in [6.45, 7) is 7.40. The molecule has 1 heterocycles. The van der Waals surface area contributed by atoms with Crippen LogP contribution in [-0.4, -0.2) is 18.8 Å². The average Bonchev–Trinajstić information content (AvgIpc) is 2.34. The molecule has 2 atom stereocenters. The predicted octanol–water partition coefficient (Wildman–Crippen LogP) is 3.67. The molecule has 1 aliphatic heterocycles.